The zero-order valence-corrected chi connectivity index (χ0v) is 55.5. The molecule has 406 valence electrons. The average Bonchev–Trinajstić information content (AvgIpc) is 3.41. The third kappa shape index (κ3) is 14.7. The lowest BCUT2D eigenvalue weighted by atomic mass is 10.2. The molecular formula is C67H108NP2Si4+. The van der Waals surface area contributed by atoms with Crippen LogP contribution in [0.25, 0.3) is 0 Å². The van der Waals surface area contributed by atoms with Gasteiger partial charge in [0, 0.05) is 10.6 Å². The Morgan fingerprint density at radius 3 is 0.865 bits per heavy atom. The Labute approximate surface area is 463 Å². The third-order valence-electron chi connectivity index (χ3n) is 17.5. The van der Waals surface area contributed by atoms with Gasteiger partial charge in [0.05, 0.1) is 38.8 Å². The van der Waals surface area contributed by atoms with E-state index in [-0.39, 0.29) is 0 Å². The molecule has 5 aromatic rings. The smallest absolute Gasteiger partial charge is 0.173 e. The maximum atomic E-state index is 4.89. The Hall–Kier alpha value is -2.21. The maximum absolute atomic E-state index is 4.89. The minimum atomic E-state index is -2.57. The molecule has 0 aliphatic carbocycles. The zero-order chi connectivity index (χ0) is 53.5. The monoisotopic (exact) mass is 1100 g/mol. The van der Waals surface area contributed by atoms with E-state index < -0.39 is 47.0 Å². The number of rotatable bonds is 36. The summed E-state index contributed by atoms with van der Waals surface area (Å²) in [7, 11) is -10.9. The van der Waals surface area contributed by atoms with Crippen molar-refractivity contribution in [3.63, 3.8) is 0 Å². The van der Waals surface area contributed by atoms with Crippen LogP contribution in [0.2, 0.25) is 72.5 Å². The molecule has 0 unspecified atom stereocenters. The number of nitrogens with one attached hydrogen (secondary N) is 1. The van der Waals surface area contributed by atoms with E-state index >= 15 is 0 Å². The van der Waals surface area contributed by atoms with E-state index in [0.717, 1.165) is 6.54 Å². The molecule has 0 radical (unpaired) electrons. The Morgan fingerprint density at radius 1 is 0.311 bits per heavy atom. The van der Waals surface area contributed by atoms with Crippen molar-refractivity contribution in [1.29, 1.82) is 0 Å². The molecule has 0 aliphatic heterocycles. The van der Waals surface area contributed by atoms with Gasteiger partial charge in [0.15, 0.2) is 7.10 Å². The van der Waals surface area contributed by atoms with Crippen LogP contribution in [-0.2, 0) is 6.54 Å². The van der Waals surface area contributed by atoms with Gasteiger partial charge >= 0.3 is 0 Å². The average molecular weight is 1100 g/mol. The van der Waals surface area contributed by atoms with Crippen molar-refractivity contribution in [3.8, 4) is 0 Å². The van der Waals surface area contributed by atoms with Gasteiger partial charge in [-0.25, -0.2) is 0 Å². The van der Waals surface area contributed by atoms with Crippen LogP contribution in [0.5, 0.6) is 0 Å². The molecule has 0 fully saturated rings. The fraction of sp³-hybridized carbons (Fsp3) is 0.552. The van der Waals surface area contributed by atoms with E-state index in [1.165, 1.54) is 155 Å². The molecule has 1 N–H and O–H groups in total. The van der Waals surface area contributed by atoms with Crippen molar-refractivity contribution in [3.05, 3.63) is 133 Å². The first-order chi connectivity index (χ1) is 36.0. The molecule has 0 aromatic heterocycles. The van der Waals surface area contributed by atoms with Gasteiger partial charge in [-0.05, 0) is 29.8 Å². The second-order valence-corrected chi connectivity index (χ2v) is 48.9. The van der Waals surface area contributed by atoms with Crippen molar-refractivity contribution < 1.29 is 0 Å². The van der Waals surface area contributed by atoms with Crippen LogP contribution in [-0.4, -0.2) is 32.3 Å². The summed E-state index contributed by atoms with van der Waals surface area (Å²) in [4.78, 5) is 0. The summed E-state index contributed by atoms with van der Waals surface area (Å²) >= 11 is 0. The first kappa shape index (κ1) is 62.6. The highest BCUT2D eigenvalue weighted by molar-refractivity contribution is 8.49. The zero-order valence-electron chi connectivity index (χ0n) is 49.7. The van der Waals surface area contributed by atoms with Gasteiger partial charge in [0.2, 0.25) is 0 Å². The van der Waals surface area contributed by atoms with E-state index in [0.29, 0.717) is 0 Å². The van der Waals surface area contributed by atoms with Gasteiger partial charge in [-0.1, -0.05) is 357 Å². The van der Waals surface area contributed by atoms with Crippen molar-refractivity contribution in [1.82, 2.24) is 5.09 Å². The fourth-order valence-electron chi connectivity index (χ4n) is 14.9. The largest absolute Gasteiger partial charge is 0.176 e. The molecule has 1 nitrogen and oxygen atoms in total. The lowest BCUT2D eigenvalue weighted by molar-refractivity contribution is 0.937. The van der Waals surface area contributed by atoms with Crippen LogP contribution >= 0.6 is 14.7 Å². The van der Waals surface area contributed by atoms with Crippen LogP contribution < -0.4 is 47.1 Å². The molecule has 5 rings (SSSR count). The SMILES string of the molecule is CCC[Si](CCC)(CCC)c1cccc(P(c2cccc([Si](CCC)(CCC)CCC)c2)[P+](NCc2ccccc2)(c2cccc([Si](CCC)(CCC)CCC)c2)c2cccc([Si](CCC)(CCC)CCC)c2)c1. The number of hydrogen-bond acceptors (Lipinski definition) is 1. The summed E-state index contributed by atoms with van der Waals surface area (Å²) in [6.07, 6.45) is 15.3. The summed E-state index contributed by atoms with van der Waals surface area (Å²) in [6.45, 7) is 30.5. The lowest BCUT2D eigenvalue weighted by Crippen LogP contribution is -2.51. The van der Waals surface area contributed by atoms with Gasteiger partial charge in [-0.3, -0.25) is 0 Å². The topological polar surface area (TPSA) is 12.0 Å². The van der Waals surface area contributed by atoms with E-state index in [1.54, 1.807) is 42.0 Å². The van der Waals surface area contributed by atoms with Crippen LogP contribution in [0.3, 0.4) is 0 Å². The normalized spacial score (nSPS) is 12.8. The van der Waals surface area contributed by atoms with Crippen LogP contribution in [0.4, 0.5) is 0 Å². The Bertz CT molecular complexity index is 2160. The van der Waals surface area contributed by atoms with Crippen molar-refractivity contribution in [2.24, 2.45) is 0 Å². The standard InChI is InChI=1S/C67H108NP2Si4/c1-13-42-71(43-14-2,44-15-3)64-38-28-34-60(54-64)69(61-35-29-39-65(55-61)72(45-16-4,46-17-5)47-18-6)70(68-58-59-32-26-25-27-33-59,62-36-30-40-66(56-62)73(48-19-7,49-20-8)50-21-9)63-37-31-41-67(57-63)74(51-22-10,52-23-11)53-24-12/h25-41,54-57,68H,13-24,42-53,58H2,1-12H3/q+1. The minimum absolute atomic E-state index is 0.852. The first-order valence-electron chi connectivity index (χ1n) is 30.9. The lowest BCUT2D eigenvalue weighted by Gasteiger charge is -2.39. The van der Waals surface area contributed by atoms with E-state index in [1.807, 2.05) is 0 Å². The quantitative estimate of drug-likeness (QED) is 0.0311. The van der Waals surface area contributed by atoms with E-state index in [9.17, 15) is 0 Å². The summed E-state index contributed by atoms with van der Waals surface area (Å²) in [6, 6.07) is 71.1. The highest BCUT2D eigenvalue weighted by atomic mass is 32.1. The van der Waals surface area contributed by atoms with E-state index in [4.69, 9.17) is 5.09 Å². The molecule has 0 saturated carbocycles. The summed E-state index contributed by atoms with van der Waals surface area (Å²) in [5, 5.41) is 18.3. The Morgan fingerprint density at radius 2 is 0.581 bits per heavy atom. The highest BCUT2D eigenvalue weighted by Crippen LogP contribution is 2.78. The van der Waals surface area contributed by atoms with E-state index in [2.05, 4.69) is 210 Å². The number of benzene rings is 5. The molecule has 0 amide bonds. The maximum Gasteiger partial charge on any atom is 0.173 e. The number of hydrogen-bond donors (Lipinski definition) is 1. The Kier molecular flexibility index (Phi) is 26.6. The van der Waals surface area contributed by atoms with Crippen molar-refractivity contribution >= 4 is 89.0 Å². The van der Waals surface area contributed by atoms with Crippen LogP contribution in [0, 0.1) is 0 Å². The second-order valence-electron chi connectivity index (χ2n) is 23.1. The van der Waals surface area contributed by atoms with Crippen molar-refractivity contribution in [2.45, 2.75) is 239 Å². The fourth-order valence-corrected chi connectivity index (χ4v) is 47.5. The molecule has 0 spiro atoms. The molecule has 0 bridgehead atoms. The molecule has 0 saturated heterocycles. The van der Waals surface area contributed by atoms with Gasteiger partial charge in [0.25, 0.3) is 0 Å². The minimum Gasteiger partial charge on any atom is -0.176 e. The van der Waals surface area contributed by atoms with Gasteiger partial charge in [-0.15, -0.1) is 0 Å². The molecule has 0 aliphatic rings. The van der Waals surface area contributed by atoms with Gasteiger partial charge in [0.1, 0.15) is 18.2 Å². The molecule has 0 atom stereocenters. The Balaban J connectivity index is 2.12. The highest BCUT2D eigenvalue weighted by Gasteiger charge is 2.55. The predicted octanol–water partition coefficient (Wildman–Crippen LogP) is 18.0. The van der Waals surface area contributed by atoms with Crippen LogP contribution in [0.1, 0.15) is 166 Å². The molecule has 0 heterocycles. The van der Waals surface area contributed by atoms with Crippen molar-refractivity contribution in [2.75, 3.05) is 0 Å². The van der Waals surface area contributed by atoms with Gasteiger partial charge < -0.3 is 0 Å². The summed E-state index contributed by atoms with van der Waals surface area (Å²) < 4.78 is 0. The predicted molar refractivity (Wildman–Crippen MR) is 354 cm³/mol. The first-order valence-corrected chi connectivity index (χ1v) is 45.3. The second kappa shape index (κ2) is 31.4. The van der Waals surface area contributed by atoms with Gasteiger partial charge in [-0.2, -0.15) is 5.09 Å². The summed E-state index contributed by atoms with van der Waals surface area (Å²) in [5.41, 5.74) is 1.39. The molecular weight excluding hydrogens is 993 g/mol. The molecule has 5 aromatic carbocycles. The third-order valence-corrected chi connectivity index (χ3v) is 50.9. The summed E-state index contributed by atoms with van der Waals surface area (Å²) in [5.74, 6) is 0. The molecule has 74 heavy (non-hydrogen) atoms. The van der Waals surface area contributed by atoms with Crippen LogP contribution in [0.15, 0.2) is 127 Å². The molecule has 7 heteroatoms.